The Balaban J connectivity index is 1.41. The Kier molecular flexibility index (Phi) is 6.21. The summed E-state index contributed by atoms with van der Waals surface area (Å²) in [6.07, 6.45) is 5.00. The standard InChI is InChI=1S/C24H26N6O3/c1-16(31)29-14-20(21(15-29)23(25)32)18-6-4-17(5-7-18)13-28(2)24(33)19-8-9-22(26-12-19)30-11-3-10-27-30/h3-12,20-21H,13-15H2,1-2H3,(H2,25,32)/t20-,21+/m1/s1. The van der Waals surface area contributed by atoms with Crippen molar-refractivity contribution in [2.75, 3.05) is 20.1 Å². The van der Waals surface area contributed by atoms with Gasteiger partial charge >= 0.3 is 0 Å². The topological polar surface area (TPSA) is 114 Å². The van der Waals surface area contributed by atoms with Crippen LogP contribution in [-0.2, 0) is 16.1 Å². The van der Waals surface area contributed by atoms with Crippen molar-refractivity contribution in [1.82, 2.24) is 24.6 Å². The number of nitrogens with two attached hydrogens (primary N) is 1. The number of carbonyl (C=O) groups is 3. The number of hydrogen-bond acceptors (Lipinski definition) is 5. The molecule has 0 aliphatic carbocycles. The normalized spacial score (nSPS) is 17.7. The number of rotatable bonds is 6. The third-order valence-corrected chi connectivity index (χ3v) is 6.04. The minimum absolute atomic E-state index is 0.0624. The van der Waals surface area contributed by atoms with Crippen molar-refractivity contribution in [3.63, 3.8) is 0 Å². The van der Waals surface area contributed by atoms with Gasteiger partial charge in [0.1, 0.15) is 0 Å². The lowest BCUT2D eigenvalue weighted by molar-refractivity contribution is -0.128. The lowest BCUT2D eigenvalue weighted by atomic mass is 9.88. The van der Waals surface area contributed by atoms with Crippen LogP contribution in [0.15, 0.2) is 61.1 Å². The van der Waals surface area contributed by atoms with Crippen LogP contribution >= 0.6 is 0 Å². The van der Waals surface area contributed by atoms with Crippen molar-refractivity contribution in [2.45, 2.75) is 19.4 Å². The molecule has 0 spiro atoms. The molecule has 3 amide bonds. The van der Waals surface area contributed by atoms with E-state index in [1.54, 1.807) is 58.3 Å². The first-order valence-electron chi connectivity index (χ1n) is 10.7. The molecule has 1 saturated heterocycles. The zero-order valence-electron chi connectivity index (χ0n) is 18.6. The van der Waals surface area contributed by atoms with Crippen LogP contribution in [0, 0.1) is 5.92 Å². The van der Waals surface area contributed by atoms with Crippen molar-refractivity contribution in [2.24, 2.45) is 11.7 Å². The molecule has 1 fully saturated rings. The Morgan fingerprint density at radius 1 is 1.12 bits per heavy atom. The minimum Gasteiger partial charge on any atom is -0.369 e. The second-order valence-corrected chi connectivity index (χ2v) is 8.30. The summed E-state index contributed by atoms with van der Waals surface area (Å²) >= 11 is 0. The number of likely N-dealkylation sites (tertiary alicyclic amines) is 1. The highest BCUT2D eigenvalue weighted by molar-refractivity contribution is 5.93. The average molecular weight is 447 g/mol. The molecule has 4 rings (SSSR count). The number of pyridine rings is 1. The Hall–Kier alpha value is -4.01. The van der Waals surface area contributed by atoms with Gasteiger partial charge in [0.05, 0.1) is 11.5 Å². The molecule has 3 heterocycles. The van der Waals surface area contributed by atoms with E-state index in [2.05, 4.69) is 10.1 Å². The molecule has 33 heavy (non-hydrogen) atoms. The van der Waals surface area contributed by atoms with Crippen molar-refractivity contribution < 1.29 is 14.4 Å². The molecule has 1 aliphatic rings. The van der Waals surface area contributed by atoms with Crippen LogP contribution in [0.2, 0.25) is 0 Å². The van der Waals surface area contributed by atoms with E-state index in [4.69, 9.17) is 5.73 Å². The van der Waals surface area contributed by atoms with Gasteiger partial charge in [0.25, 0.3) is 5.91 Å². The summed E-state index contributed by atoms with van der Waals surface area (Å²) in [6, 6.07) is 13.1. The third kappa shape index (κ3) is 4.77. The lowest BCUT2D eigenvalue weighted by Crippen LogP contribution is -2.30. The van der Waals surface area contributed by atoms with Gasteiger partial charge in [-0.05, 0) is 29.3 Å². The zero-order valence-corrected chi connectivity index (χ0v) is 18.6. The predicted molar refractivity (Wildman–Crippen MR) is 121 cm³/mol. The van der Waals surface area contributed by atoms with Gasteiger partial charge in [-0.25, -0.2) is 9.67 Å². The van der Waals surface area contributed by atoms with Gasteiger partial charge in [-0.2, -0.15) is 5.10 Å². The van der Waals surface area contributed by atoms with Crippen LogP contribution in [0.1, 0.15) is 34.3 Å². The van der Waals surface area contributed by atoms with Gasteiger partial charge in [0, 0.05) is 58.1 Å². The zero-order chi connectivity index (χ0) is 23.5. The first-order valence-corrected chi connectivity index (χ1v) is 10.7. The van der Waals surface area contributed by atoms with E-state index in [0.29, 0.717) is 31.0 Å². The molecular weight excluding hydrogens is 420 g/mol. The van der Waals surface area contributed by atoms with Crippen molar-refractivity contribution in [3.05, 3.63) is 77.7 Å². The molecule has 0 saturated carbocycles. The van der Waals surface area contributed by atoms with Gasteiger partial charge in [0.2, 0.25) is 11.8 Å². The highest BCUT2D eigenvalue weighted by Crippen LogP contribution is 2.32. The van der Waals surface area contributed by atoms with E-state index < -0.39 is 11.8 Å². The number of benzene rings is 1. The first kappa shape index (κ1) is 22.2. The summed E-state index contributed by atoms with van der Waals surface area (Å²) in [7, 11) is 1.74. The smallest absolute Gasteiger partial charge is 0.255 e. The van der Waals surface area contributed by atoms with Crippen molar-refractivity contribution in [3.8, 4) is 5.82 Å². The largest absolute Gasteiger partial charge is 0.369 e. The van der Waals surface area contributed by atoms with E-state index >= 15 is 0 Å². The maximum absolute atomic E-state index is 12.8. The quantitative estimate of drug-likeness (QED) is 0.618. The van der Waals surface area contributed by atoms with Crippen LogP contribution in [-0.4, -0.2) is 62.4 Å². The summed E-state index contributed by atoms with van der Waals surface area (Å²) in [5.41, 5.74) is 7.98. The van der Waals surface area contributed by atoms with E-state index in [1.807, 2.05) is 24.3 Å². The molecule has 2 N–H and O–H groups in total. The molecule has 0 unspecified atom stereocenters. The average Bonchev–Trinajstić information content (AvgIpc) is 3.50. The molecular formula is C24H26N6O3. The van der Waals surface area contributed by atoms with E-state index in [1.165, 1.54) is 6.92 Å². The maximum atomic E-state index is 12.8. The van der Waals surface area contributed by atoms with Gasteiger partial charge in [0.15, 0.2) is 5.82 Å². The van der Waals surface area contributed by atoms with Crippen LogP contribution < -0.4 is 5.73 Å². The molecule has 1 aromatic carbocycles. The number of primary amides is 1. The fourth-order valence-corrected chi connectivity index (χ4v) is 4.18. The molecule has 0 radical (unpaired) electrons. The van der Waals surface area contributed by atoms with Crippen LogP contribution in [0.25, 0.3) is 5.82 Å². The predicted octanol–water partition coefficient (Wildman–Crippen LogP) is 1.59. The third-order valence-electron chi connectivity index (χ3n) is 6.04. The molecule has 3 aromatic rings. The van der Waals surface area contributed by atoms with Crippen LogP contribution in [0.5, 0.6) is 0 Å². The Morgan fingerprint density at radius 3 is 2.45 bits per heavy atom. The lowest BCUT2D eigenvalue weighted by Gasteiger charge is -2.19. The van der Waals surface area contributed by atoms with Gasteiger partial charge in [-0.3, -0.25) is 14.4 Å². The number of amides is 3. The molecule has 170 valence electrons. The first-order chi connectivity index (χ1) is 15.8. The van der Waals surface area contributed by atoms with Gasteiger partial charge in [-0.15, -0.1) is 0 Å². The van der Waals surface area contributed by atoms with Gasteiger partial charge in [-0.1, -0.05) is 24.3 Å². The van der Waals surface area contributed by atoms with Crippen LogP contribution in [0.3, 0.4) is 0 Å². The summed E-state index contributed by atoms with van der Waals surface area (Å²) in [6.45, 7) is 2.74. The fraction of sp³-hybridized carbons (Fsp3) is 0.292. The second-order valence-electron chi connectivity index (χ2n) is 8.30. The number of carbonyl (C=O) groups excluding carboxylic acids is 3. The minimum atomic E-state index is -0.402. The Bertz CT molecular complexity index is 1140. The highest BCUT2D eigenvalue weighted by Gasteiger charge is 2.38. The molecule has 1 aliphatic heterocycles. The maximum Gasteiger partial charge on any atom is 0.255 e. The molecule has 9 nitrogen and oxygen atoms in total. The Labute approximate surface area is 191 Å². The summed E-state index contributed by atoms with van der Waals surface area (Å²) < 4.78 is 1.63. The monoisotopic (exact) mass is 446 g/mol. The number of hydrogen-bond donors (Lipinski definition) is 1. The summed E-state index contributed by atoms with van der Waals surface area (Å²) in [5.74, 6) is -0.488. The van der Waals surface area contributed by atoms with Crippen molar-refractivity contribution >= 4 is 17.7 Å². The fourth-order valence-electron chi connectivity index (χ4n) is 4.18. The van der Waals surface area contributed by atoms with E-state index in [9.17, 15) is 14.4 Å². The summed E-state index contributed by atoms with van der Waals surface area (Å²) in [5, 5.41) is 4.13. The molecule has 0 bridgehead atoms. The molecule has 2 aromatic heterocycles. The summed E-state index contributed by atoms with van der Waals surface area (Å²) in [4.78, 5) is 44.1. The Morgan fingerprint density at radius 2 is 1.88 bits per heavy atom. The number of nitrogens with zero attached hydrogens (tertiary/aromatic N) is 5. The highest BCUT2D eigenvalue weighted by atomic mass is 16.2. The van der Waals surface area contributed by atoms with Crippen molar-refractivity contribution in [1.29, 1.82) is 0 Å². The van der Waals surface area contributed by atoms with E-state index in [-0.39, 0.29) is 17.7 Å². The SMILES string of the molecule is CC(=O)N1C[C@H](C(N)=O)[C@@H](c2ccc(CN(C)C(=O)c3ccc(-n4cccn4)nc3)cc2)C1. The second kappa shape index (κ2) is 9.23. The van der Waals surface area contributed by atoms with Gasteiger partial charge < -0.3 is 15.5 Å². The molecule has 9 heteroatoms. The number of aromatic nitrogens is 3. The van der Waals surface area contributed by atoms with E-state index in [0.717, 1.165) is 11.1 Å². The molecule has 2 atom stereocenters. The van der Waals surface area contributed by atoms with Crippen LogP contribution in [0.4, 0.5) is 0 Å².